The van der Waals surface area contributed by atoms with Crippen LogP contribution in [0.25, 0.3) is 0 Å². The van der Waals surface area contributed by atoms with E-state index in [2.05, 4.69) is 15.5 Å². The topological polar surface area (TPSA) is 83.8 Å². The Morgan fingerprint density at radius 1 is 1.69 bits per heavy atom. The molecule has 0 aromatic carbocycles. The van der Waals surface area contributed by atoms with Crippen molar-refractivity contribution in [3.8, 4) is 0 Å². The second-order valence-corrected chi connectivity index (χ2v) is 3.25. The molecular formula is C8H14N4O. The molecule has 0 unspecified atom stereocenters. The molecule has 5 heteroatoms. The highest BCUT2D eigenvalue weighted by molar-refractivity contribution is 5.94. The van der Waals surface area contributed by atoms with Gasteiger partial charge in [0, 0.05) is 6.20 Å². The number of rotatable bonds is 3. The number of hydrogen-bond acceptors (Lipinski definition) is 3. The van der Waals surface area contributed by atoms with E-state index in [0.717, 1.165) is 0 Å². The van der Waals surface area contributed by atoms with Crippen molar-refractivity contribution in [2.75, 3.05) is 5.32 Å². The summed E-state index contributed by atoms with van der Waals surface area (Å²) < 4.78 is 0. The van der Waals surface area contributed by atoms with Crippen molar-refractivity contribution < 1.29 is 4.79 Å². The Bertz CT molecular complexity index is 268. The lowest BCUT2D eigenvalue weighted by Gasteiger charge is -2.13. The minimum absolute atomic E-state index is 0.131. The zero-order valence-electron chi connectivity index (χ0n) is 7.74. The van der Waals surface area contributed by atoms with Gasteiger partial charge in [-0.3, -0.25) is 9.89 Å². The molecule has 1 amide bonds. The van der Waals surface area contributed by atoms with Gasteiger partial charge in [-0.25, -0.2) is 0 Å². The van der Waals surface area contributed by atoms with Crippen LogP contribution in [0.5, 0.6) is 0 Å². The van der Waals surface area contributed by atoms with E-state index >= 15 is 0 Å². The molecule has 0 spiro atoms. The van der Waals surface area contributed by atoms with E-state index < -0.39 is 6.04 Å². The molecule has 0 radical (unpaired) electrons. The molecule has 1 aromatic rings. The minimum Gasteiger partial charge on any atom is -0.322 e. The van der Waals surface area contributed by atoms with Crippen molar-refractivity contribution in [2.45, 2.75) is 19.9 Å². The Kier molecular flexibility index (Phi) is 3.02. The monoisotopic (exact) mass is 182 g/mol. The summed E-state index contributed by atoms with van der Waals surface area (Å²) in [6.45, 7) is 3.80. The van der Waals surface area contributed by atoms with Crippen LogP contribution in [-0.4, -0.2) is 22.1 Å². The number of nitrogens with zero attached hydrogens (tertiary/aromatic N) is 1. The number of hydrogen-bond donors (Lipinski definition) is 3. The minimum atomic E-state index is -0.477. The molecule has 4 N–H and O–H groups in total. The van der Waals surface area contributed by atoms with Gasteiger partial charge >= 0.3 is 0 Å². The second kappa shape index (κ2) is 4.04. The molecule has 1 rings (SSSR count). The molecule has 13 heavy (non-hydrogen) atoms. The highest BCUT2D eigenvalue weighted by atomic mass is 16.2. The molecule has 5 nitrogen and oxygen atoms in total. The maximum absolute atomic E-state index is 11.4. The van der Waals surface area contributed by atoms with E-state index in [1.54, 1.807) is 6.20 Å². The van der Waals surface area contributed by atoms with E-state index in [-0.39, 0.29) is 11.8 Å². The summed E-state index contributed by atoms with van der Waals surface area (Å²) in [5.41, 5.74) is 6.27. The lowest BCUT2D eigenvalue weighted by molar-refractivity contribution is -0.118. The second-order valence-electron chi connectivity index (χ2n) is 3.25. The van der Waals surface area contributed by atoms with Crippen LogP contribution < -0.4 is 11.1 Å². The summed E-state index contributed by atoms with van der Waals surface area (Å²) in [5, 5.41) is 8.94. The van der Waals surface area contributed by atoms with E-state index in [0.29, 0.717) is 5.69 Å². The highest BCUT2D eigenvalue weighted by Gasteiger charge is 2.17. The number of H-pyrrole nitrogens is 1. The maximum atomic E-state index is 11.4. The van der Waals surface area contributed by atoms with Crippen LogP contribution in [0.15, 0.2) is 12.4 Å². The van der Waals surface area contributed by atoms with Gasteiger partial charge in [-0.05, 0) is 5.92 Å². The summed E-state index contributed by atoms with van der Waals surface area (Å²) in [6.07, 6.45) is 3.13. The molecule has 0 aliphatic heterocycles. The van der Waals surface area contributed by atoms with Crippen LogP contribution >= 0.6 is 0 Å². The third kappa shape index (κ3) is 2.55. The lowest BCUT2D eigenvalue weighted by Crippen LogP contribution is -2.39. The van der Waals surface area contributed by atoms with Gasteiger partial charge < -0.3 is 11.1 Å². The number of carbonyl (C=O) groups is 1. The molecular weight excluding hydrogens is 168 g/mol. The summed E-state index contributed by atoms with van der Waals surface area (Å²) in [4.78, 5) is 11.4. The number of aromatic nitrogens is 2. The Hall–Kier alpha value is -1.36. The summed E-state index contributed by atoms with van der Waals surface area (Å²) in [6, 6.07) is -0.477. The molecule has 1 heterocycles. The first-order chi connectivity index (χ1) is 6.11. The van der Waals surface area contributed by atoms with Gasteiger partial charge in [0.25, 0.3) is 0 Å². The zero-order valence-corrected chi connectivity index (χ0v) is 7.74. The number of aromatic amines is 1. The van der Waals surface area contributed by atoms with Crippen LogP contribution in [0.1, 0.15) is 13.8 Å². The Labute approximate surface area is 76.7 Å². The standard InChI is InChI=1S/C8H14N4O/c1-5(2)7(9)8(13)12-6-3-10-11-4-6/h3-5,7H,9H2,1-2H3,(H,10,11)(H,12,13)/t7-/m1/s1. The number of nitrogens with two attached hydrogens (primary N) is 1. The Morgan fingerprint density at radius 3 is 2.85 bits per heavy atom. The van der Waals surface area contributed by atoms with Crippen molar-refractivity contribution in [3.05, 3.63) is 12.4 Å². The van der Waals surface area contributed by atoms with Crippen molar-refractivity contribution in [1.29, 1.82) is 0 Å². The maximum Gasteiger partial charge on any atom is 0.241 e. The third-order valence-corrected chi connectivity index (χ3v) is 1.79. The van der Waals surface area contributed by atoms with Gasteiger partial charge in [-0.1, -0.05) is 13.8 Å². The van der Waals surface area contributed by atoms with Crippen LogP contribution in [0, 0.1) is 5.92 Å². The van der Waals surface area contributed by atoms with E-state index in [9.17, 15) is 4.79 Å². The van der Waals surface area contributed by atoms with Crippen molar-refractivity contribution in [3.63, 3.8) is 0 Å². The number of amides is 1. The fourth-order valence-corrected chi connectivity index (χ4v) is 0.848. The highest BCUT2D eigenvalue weighted by Crippen LogP contribution is 2.05. The van der Waals surface area contributed by atoms with E-state index in [4.69, 9.17) is 5.73 Å². The van der Waals surface area contributed by atoms with Gasteiger partial charge in [-0.2, -0.15) is 5.10 Å². The molecule has 1 aromatic heterocycles. The van der Waals surface area contributed by atoms with Gasteiger partial charge in [0.05, 0.1) is 17.9 Å². The van der Waals surface area contributed by atoms with Gasteiger partial charge in [0.15, 0.2) is 0 Å². The first kappa shape index (κ1) is 9.73. The Balaban J connectivity index is 2.51. The molecule has 0 bridgehead atoms. The molecule has 0 aliphatic carbocycles. The van der Waals surface area contributed by atoms with Crippen LogP contribution in [0.2, 0.25) is 0 Å². The molecule has 0 aliphatic rings. The van der Waals surface area contributed by atoms with Gasteiger partial charge in [0.1, 0.15) is 0 Å². The molecule has 1 atom stereocenters. The van der Waals surface area contributed by atoms with Crippen LogP contribution in [-0.2, 0) is 4.79 Å². The van der Waals surface area contributed by atoms with Crippen LogP contribution in [0.4, 0.5) is 5.69 Å². The normalized spacial score (nSPS) is 12.9. The Morgan fingerprint density at radius 2 is 2.38 bits per heavy atom. The van der Waals surface area contributed by atoms with Crippen molar-refractivity contribution in [2.24, 2.45) is 11.7 Å². The van der Waals surface area contributed by atoms with Crippen molar-refractivity contribution >= 4 is 11.6 Å². The third-order valence-electron chi connectivity index (χ3n) is 1.79. The zero-order chi connectivity index (χ0) is 9.84. The fraction of sp³-hybridized carbons (Fsp3) is 0.500. The summed E-state index contributed by atoms with van der Waals surface area (Å²) in [7, 11) is 0. The lowest BCUT2D eigenvalue weighted by atomic mass is 10.1. The average Bonchev–Trinajstić information content (AvgIpc) is 2.55. The number of carbonyl (C=O) groups excluding carboxylic acids is 1. The first-order valence-electron chi connectivity index (χ1n) is 4.16. The van der Waals surface area contributed by atoms with Crippen molar-refractivity contribution in [1.82, 2.24) is 10.2 Å². The van der Waals surface area contributed by atoms with E-state index in [1.165, 1.54) is 6.20 Å². The molecule has 0 saturated carbocycles. The summed E-state index contributed by atoms with van der Waals surface area (Å²) in [5.74, 6) is -0.0525. The van der Waals surface area contributed by atoms with E-state index in [1.807, 2.05) is 13.8 Å². The first-order valence-corrected chi connectivity index (χ1v) is 4.16. The SMILES string of the molecule is CC(C)[C@@H](N)C(=O)Nc1cn[nH]c1. The molecule has 0 saturated heterocycles. The smallest absolute Gasteiger partial charge is 0.241 e. The number of nitrogens with one attached hydrogen (secondary N) is 2. The summed E-state index contributed by atoms with van der Waals surface area (Å²) >= 11 is 0. The van der Waals surface area contributed by atoms with Gasteiger partial charge in [-0.15, -0.1) is 0 Å². The predicted octanol–water partition coefficient (Wildman–Crippen LogP) is 0.331. The van der Waals surface area contributed by atoms with Gasteiger partial charge in [0.2, 0.25) is 5.91 Å². The fourth-order valence-electron chi connectivity index (χ4n) is 0.848. The molecule has 0 fully saturated rings. The predicted molar refractivity (Wildman–Crippen MR) is 50.0 cm³/mol. The number of anilines is 1. The quantitative estimate of drug-likeness (QED) is 0.630. The van der Waals surface area contributed by atoms with Crippen LogP contribution in [0.3, 0.4) is 0 Å². The largest absolute Gasteiger partial charge is 0.322 e. The molecule has 72 valence electrons. The average molecular weight is 182 g/mol.